The average molecular weight is 258 g/mol. The van der Waals surface area contributed by atoms with Crippen molar-refractivity contribution >= 4 is 0 Å². The summed E-state index contributed by atoms with van der Waals surface area (Å²) in [7, 11) is 0. The van der Waals surface area contributed by atoms with E-state index in [9.17, 15) is 0 Å². The van der Waals surface area contributed by atoms with E-state index in [2.05, 4.69) is 4.98 Å². The molecule has 1 unspecified atom stereocenters. The van der Waals surface area contributed by atoms with Crippen molar-refractivity contribution in [3.8, 4) is 23.1 Å². The maximum absolute atomic E-state index is 5.83. The summed E-state index contributed by atoms with van der Waals surface area (Å²) in [5.74, 6) is 2.57. The first-order valence-corrected chi connectivity index (χ1v) is 6.01. The lowest BCUT2D eigenvalue weighted by molar-refractivity contribution is 0.174. The van der Waals surface area contributed by atoms with Gasteiger partial charge in [0.05, 0.1) is 0 Å². The highest BCUT2D eigenvalue weighted by Crippen LogP contribution is 2.36. The summed E-state index contributed by atoms with van der Waals surface area (Å²) < 4.78 is 16.2. The maximum atomic E-state index is 5.83. The molecule has 5 heteroatoms. The van der Waals surface area contributed by atoms with Crippen LogP contribution in [0.4, 0.5) is 0 Å². The summed E-state index contributed by atoms with van der Waals surface area (Å²) >= 11 is 0. The highest BCUT2D eigenvalue weighted by atomic mass is 16.7. The first kappa shape index (κ1) is 11.8. The van der Waals surface area contributed by atoms with Crippen LogP contribution in [0.5, 0.6) is 23.1 Å². The van der Waals surface area contributed by atoms with Crippen molar-refractivity contribution in [3.63, 3.8) is 0 Å². The van der Waals surface area contributed by atoms with E-state index >= 15 is 0 Å². The molecular weight excluding hydrogens is 244 g/mol. The minimum Gasteiger partial charge on any atom is -0.454 e. The van der Waals surface area contributed by atoms with Gasteiger partial charge < -0.3 is 19.9 Å². The van der Waals surface area contributed by atoms with Gasteiger partial charge in [0.15, 0.2) is 11.5 Å². The minimum atomic E-state index is -0.0536. The fourth-order valence-corrected chi connectivity index (χ4v) is 1.82. The number of hydrogen-bond donors (Lipinski definition) is 1. The van der Waals surface area contributed by atoms with Crippen LogP contribution in [0.25, 0.3) is 0 Å². The smallest absolute Gasteiger partial charge is 0.231 e. The van der Waals surface area contributed by atoms with Crippen LogP contribution in [0.2, 0.25) is 0 Å². The van der Waals surface area contributed by atoms with Crippen molar-refractivity contribution in [1.82, 2.24) is 4.98 Å². The predicted octanol–water partition coefficient (Wildman–Crippen LogP) is 2.62. The number of pyridine rings is 1. The molecule has 2 aromatic rings. The van der Waals surface area contributed by atoms with E-state index in [4.69, 9.17) is 19.9 Å². The molecule has 0 amide bonds. The van der Waals surface area contributed by atoms with Gasteiger partial charge in [-0.25, -0.2) is 4.98 Å². The normalized spacial score (nSPS) is 14.2. The van der Waals surface area contributed by atoms with Crippen molar-refractivity contribution in [2.24, 2.45) is 5.73 Å². The second kappa shape index (κ2) is 4.78. The van der Waals surface area contributed by atoms with E-state index in [1.807, 2.05) is 31.2 Å². The summed E-state index contributed by atoms with van der Waals surface area (Å²) in [6.45, 7) is 2.16. The first-order chi connectivity index (χ1) is 9.22. The molecule has 5 nitrogen and oxygen atoms in total. The minimum absolute atomic E-state index is 0.0536. The summed E-state index contributed by atoms with van der Waals surface area (Å²) in [5, 5.41) is 0. The standard InChI is InChI=1S/C14H14N2O3/c1-9(15)10-4-5-16-14(6-10)19-11-2-3-12-13(7-11)18-8-17-12/h2-7,9H,8,15H2,1H3. The summed E-state index contributed by atoms with van der Waals surface area (Å²) in [6.07, 6.45) is 1.68. The molecular formula is C14H14N2O3. The van der Waals surface area contributed by atoms with Crippen LogP contribution in [0.3, 0.4) is 0 Å². The molecule has 0 fully saturated rings. The van der Waals surface area contributed by atoms with Crippen molar-refractivity contribution in [1.29, 1.82) is 0 Å². The fourth-order valence-electron chi connectivity index (χ4n) is 1.82. The lowest BCUT2D eigenvalue weighted by atomic mass is 10.1. The number of nitrogens with zero attached hydrogens (tertiary/aromatic N) is 1. The Kier molecular flexibility index (Phi) is 2.97. The van der Waals surface area contributed by atoms with Crippen molar-refractivity contribution in [2.75, 3.05) is 6.79 Å². The number of nitrogens with two attached hydrogens (primary N) is 1. The molecule has 1 aliphatic heterocycles. The number of hydrogen-bond acceptors (Lipinski definition) is 5. The summed E-state index contributed by atoms with van der Waals surface area (Å²) in [4.78, 5) is 4.16. The Bertz CT molecular complexity index is 599. The number of aromatic nitrogens is 1. The van der Waals surface area contributed by atoms with Crippen molar-refractivity contribution < 1.29 is 14.2 Å². The van der Waals surface area contributed by atoms with Crippen LogP contribution < -0.4 is 19.9 Å². The molecule has 1 aromatic carbocycles. The second-order valence-electron chi connectivity index (χ2n) is 4.33. The quantitative estimate of drug-likeness (QED) is 0.916. The third-order valence-corrected chi connectivity index (χ3v) is 2.85. The first-order valence-electron chi connectivity index (χ1n) is 6.01. The molecule has 0 spiro atoms. The molecule has 0 bridgehead atoms. The zero-order chi connectivity index (χ0) is 13.2. The average Bonchev–Trinajstić information content (AvgIpc) is 2.86. The van der Waals surface area contributed by atoms with Crippen molar-refractivity contribution in [3.05, 3.63) is 42.1 Å². The lowest BCUT2D eigenvalue weighted by Crippen LogP contribution is -2.05. The van der Waals surface area contributed by atoms with E-state index < -0.39 is 0 Å². The van der Waals surface area contributed by atoms with Gasteiger partial charge >= 0.3 is 0 Å². The molecule has 0 radical (unpaired) electrons. The van der Waals surface area contributed by atoms with Gasteiger partial charge in [0.25, 0.3) is 0 Å². The molecule has 0 saturated heterocycles. The van der Waals surface area contributed by atoms with E-state index in [0.717, 1.165) is 11.3 Å². The van der Waals surface area contributed by atoms with E-state index in [-0.39, 0.29) is 12.8 Å². The highest BCUT2D eigenvalue weighted by molar-refractivity contribution is 5.47. The maximum Gasteiger partial charge on any atom is 0.231 e. The fraction of sp³-hybridized carbons (Fsp3) is 0.214. The number of rotatable bonds is 3. The summed E-state index contributed by atoms with van der Waals surface area (Å²) in [6, 6.07) is 9.05. The Morgan fingerprint density at radius 2 is 2.05 bits per heavy atom. The Balaban J connectivity index is 1.83. The Hall–Kier alpha value is -2.27. The predicted molar refractivity (Wildman–Crippen MR) is 69.5 cm³/mol. The van der Waals surface area contributed by atoms with Gasteiger partial charge in [-0.15, -0.1) is 0 Å². The zero-order valence-corrected chi connectivity index (χ0v) is 10.5. The van der Waals surface area contributed by atoms with E-state index in [1.54, 1.807) is 12.3 Å². The SMILES string of the molecule is CC(N)c1ccnc(Oc2ccc3c(c2)OCO3)c1. The van der Waals surface area contributed by atoms with Crippen LogP contribution in [0.1, 0.15) is 18.5 Å². The number of benzene rings is 1. The Labute approximate surface area is 110 Å². The molecule has 1 aliphatic rings. The molecule has 1 atom stereocenters. The number of fused-ring (bicyclic) bond motifs is 1. The van der Waals surface area contributed by atoms with E-state index in [1.165, 1.54) is 0 Å². The monoisotopic (exact) mass is 258 g/mol. The third-order valence-electron chi connectivity index (χ3n) is 2.85. The number of ether oxygens (including phenoxy) is 3. The van der Waals surface area contributed by atoms with Gasteiger partial charge in [-0.2, -0.15) is 0 Å². The Morgan fingerprint density at radius 3 is 2.89 bits per heavy atom. The molecule has 3 rings (SSSR count). The van der Waals surface area contributed by atoms with Gasteiger partial charge in [0, 0.05) is 24.4 Å². The second-order valence-corrected chi connectivity index (χ2v) is 4.33. The largest absolute Gasteiger partial charge is 0.454 e. The molecule has 2 N–H and O–H groups in total. The van der Waals surface area contributed by atoms with Crippen LogP contribution in [0, 0.1) is 0 Å². The summed E-state index contributed by atoms with van der Waals surface area (Å²) in [5.41, 5.74) is 6.81. The van der Waals surface area contributed by atoms with Crippen LogP contribution >= 0.6 is 0 Å². The van der Waals surface area contributed by atoms with Crippen LogP contribution in [-0.4, -0.2) is 11.8 Å². The van der Waals surface area contributed by atoms with Gasteiger partial charge in [-0.3, -0.25) is 0 Å². The lowest BCUT2D eigenvalue weighted by Gasteiger charge is -2.09. The molecule has 1 aromatic heterocycles. The molecule has 19 heavy (non-hydrogen) atoms. The topological polar surface area (TPSA) is 66.6 Å². The highest BCUT2D eigenvalue weighted by Gasteiger charge is 2.14. The van der Waals surface area contributed by atoms with Gasteiger partial charge in [0.2, 0.25) is 12.7 Å². The Morgan fingerprint density at radius 1 is 1.21 bits per heavy atom. The zero-order valence-electron chi connectivity index (χ0n) is 10.5. The van der Waals surface area contributed by atoms with Crippen molar-refractivity contribution in [2.45, 2.75) is 13.0 Å². The molecule has 0 saturated carbocycles. The van der Waals surface area contributed by atoms with Gasteiger partial charge in [-0.05, 0) is 30.7 Å². The molecule has 0 aliphatic carbocycles. The van der Waals surface area contributed by atoms with Gasteiger partial charge in [0.1, 0.15) is 5.75 Å². The van der Waals surface area contributed by atoms with Gasteiger partial charge in [-0.1, -0.05) is 0 Å². The van der Waals surface area contributed by atoms with E-state index in [0.29, 0.717) is 17.4 Å². The molecule has 98 valence electrons. The van der Waals surface area contributed by atoms with Crippen LogP contribution in [0.15, 0.2) is 36.5 Å². The third kappa shape index (κ3) is 2.46. The molecule has 2 heterocycles. The van der Waals surface area contributed by atoms with Crippen LogP contribution in [-0.2, 0) is 0 Å².